The SMILES string of the molecule is CCCC1C2CCC1C1CC(C(C)C)CC21. The molecule has 0 radical (unpaired) electrons. The Labute approximate surface area is 101 Å². The summed E-state index contributed by atoms with van der Waals surface area (Å²) in [6.07, 6.45) is 9.30. The Hall–Kier alpha value is 0. The van der Waals surface area contributed by atoms with Gasteiger partial charge >= 0.3 is 0 Å². The molecule has 3 aliphatic carbocycles. The number of rotatable bonds is 3. The molecule has 0 aliphatic heterocycles. The number of fused-ring (bicyclic) bond motifs is 5. The summed E-state index contributed by atoms with van der Waals surface area (Å²) in [7, 11) is 0. The average Bonchev–Trinajstić information content (AvgIpc) is 2.87. The van der Waals surface area contributed by atoms with E-state index in [-0.39, 0.29) is 0 Å². The van der Waals surface area contributed by atoms with Crippen LogP contribution in [0.15, 0.2) is 0 Å². The minimum absolute atomic E-state index is 0.939. The van der Waals surface area contributed by atoms with E-state index in [1.807, 2.05) is 0 Å². The fourth-order valence-corrected chi connectivity index (χ4v) is 5.63. The van der Waals surface area contributed by atoms with Gasteiger partial charge in [0.05, 0.1) is 0 Å². The highest BCUT2D eigenvalue weighted by molar-refractivity contribution is 5.05. The Morgan fingerprint density at radius 2 is 1.50 bits per heavy atom. The Bertz CT molecular complexity index is 235. The van der Waals surface area contributed by atoms with Crippen molar-refractivity contribution < 1.29 is 0 Å². The summed E-state index contributed by atoms with van der Waals surface area (Å²) in [6, 6.07) is 0. The molecule has 4 atom stereocenters. The van der Waals surface area contributed by atoms with E-state index in [9.17, 15) is 0 Å². The summed E-state index contributed by atoms with van der Waals surface area (Å²) in [5.41, 5.74) is 0. The molecular formula is C16H28. The maximum atomic E-state index is 2.44. The molecule has 16 heavy (non-hydrogen) atoms. The summed E-state index contributed by atoms with van der Waals surface area (Å²) in [5.74, 6) is 7.77. The summed E-state index contributed by atoms with van der Waals surface area (Å²) in [6.45, 7) is 7.26. The molecule has 0 amide bonds. The summed E-state index contributed by atoms with van der Waals surface area (Å²) < 4.78 is 0. The molecule has 0 heteroatoms. The van der Waals surface area contributed by atoms with Gasteiger partial charge in [-0.15, -0.1) is 0 Å². The van der Waals surface area contributed by atoms with E-state index in [1.54, 1.807) is 25.7 Å². The smallest absolute Gasteiger partial charge is 0.0349 e. The van der Waals surface area contributed by atoms with E-state index in [1.165, 1.54) is 12.8 Å². The molecule has 3 aliphatic rings. The van der Waals surface area contributed by atoms with Crippen molar-refractivity contribution in [2.45, 2.75) is 59.3 Å². The normalized spacial score (nSPS) is 50.2. The molecule has 0 spiro atoms. The van der Waals surface area contributed by atoms with Crippen LogP contribution in [0.5, 0.6) is 0 Å². The topological polar surface area (TPSA) is 0 Å². The second-order valence-corrected chi connectivity index (χ2v) is 7.16. The molecule has 4 unspecified atom stereocenters. The lowest BCUT2D eigenvalue weighted by atomic mass is 9.82. The highest BCUT2D eigenvalue weighted by Gasteiger charge is 2.56. The molecule has 2 bridgehead atoms. The second kappa shape index (κ2) is 4.03. The van der Waals surface area contributed by atoms with E-state index < -0.39 is 0 Å². The van der Waals surface area contributed by atoms with E-state index in [0.717, 1.165) is 41.4 Å². The standard InChI is InChI=1S/C16H28/c1-4-5-12-13-6-7-14(12)16-9-11(10(2)3)8-15(13)16/h10-16H,4-9H2,1-3H3. The number of hydrogen-bond donors (Lipinski definition) is 0. The molecule has 3 saturated carbocycles. The molecule has 0 nitrogen and oxygen atoms in total. The Kier molecular flexibility index (Phi) is 2.80. The first-order valence-corrected chi connectivity index (χ1v) is 7.72. The summed E-state index contributed by atoms with van der Waals surface area (Å²) in [4.78, 5) is 0. The Morgan fingerprint density at radius 1 is 0.938 bits per heavy atom. The zero-order valence-corrected chi connectivity index (χ0v) is 11.3. The van der Waals surface area contributed by atoms with E-state index in [4.69, 9.17) is 0 Å². The van der Waals surface area contributed by atoms with Crippen LogP contribution in [0.1, 0.15) is 59.3 Å². The first-order valence-electron chi connectivity index (χ1n) is 7.72. The van der Waals surface area contributed by atoms with Crippen LogP contribution in [0.4, 0.5) is 0 Å². The van der Waals surface area contributed by atoms with Crippen molar-refractivity contribution in [3.8, 4) is 0 Å². The minimum atomic E-state index is 0.939. The molecule has 0 aromatic rings. The molecule has 0 heterocycles. The quantitative estimate of drug-likeness (QED) is 0.644. The van der Waals surface area contributed by atoms with Crippen LogP contribution in [-0.2, 0) is 0 Å². The number of hydrogen-bond acceptors (Lipinski definition) is 0. The van der Waals surface area contributed by atoms with Crippen LogP contribution in [0.25, 0.3) is 0 Å². The van der Waals surface area contributed by atoms with Crippen LogP contribution in [0, 0.1) is 41.4 Å². The highest BCUT2D eigenvalue weighted by atomic mass is 14.6. The van der Waals surface area contributed by atoms with Gasteiger partial charge in [0.15, 0.2) is 0 Å². The summed E-state index contributed by atoms with van der Waals surface area (Å²) >= 11 is 0. The molecule has 0 aromatic heterocycles. The first kappa shape index (κ1) is 11.1. The third kappa shape index (κ3) is 1.48. The maximum Gasteiger partial charge on any atom is -0.0349 e. The van der Waals surface area contributed by atoms with Crippen LogP contribution in [-0.4, -0.2) is 0 Å². The van der Waals surface area contributed by atoms with Gasteiger partial charge in [-0.25, -0.2) is 0 Å². The molecule has 0 saturated heterocycles. The molecule has 0 aromatic carbocycles. The van der Waals surface area contributed by atoms with Gasteiger partial charge in [0.1, 0.15) is 0 Å². The van der Waals surface area contributed by atoms with E-state index in [0.29, 0.717) is 0 Å². The predicted octanol–water partition coefficient (Wildman–Crippen LogP) is 4.74. The van der Waals surface area contributed by atoms with Gasteiger partial charge in [0.25, 0.3) is 0 Å². The third-order valence-corrected chi connectivity index (χ3v) is 6.30. The average molecular weight is 220 g/mol. The van der Waals surface area contributed by atoms with Crippen LogP contribution in [0.3, 0.4) is 0 Å². The largest absolute Gasteiger partial charge is 0.0654 e. The molecule has 92 valence electrons. The highest BCUT2D eigenvalue weighted by Crippen LogP contribution is 2.64. The van der Waals surface area contributed by atoms with Gasteiger partial charge in [-0.3, -0.25) is 0 Å². The molecular weight excluding hydrogens is 192 g/mol. The van der Waals surface area contributed by atoms with Crippen LogP contribution >= 0.6 is 0 Å². The Morgan fingerprint density at radius 3 is 1.94 bits per heavy atom. The van der Waals surface area contributed by atoms with Crippen molar-refractivity contribution in [3.63, 3.8) is 0 Å². The molecule has 3 rings (SSSR count). The fourth-order valence-electron chi connectivity index (χ4n) is 5.63. The van der Waals surface area contributed by atoms with Gasteiger partial charge in [-0.2, -0.15) is 0 Å². The lowest BCUT2D eigenvalue weighted by molar-refractivity contribution is 0.259. The van der Waals surface area contributed by atoms with Crippen molar-refractivity contribution in [1.29, 1.82) is 0 Å². The lowest BCUT2D eigenvalue weighted by Gasteiger charge is -2.23. The van der Waals surface area contributed by atoms with Gasteiger partial charge in [0.2, 0.25) is 0 Å². The van der Waals surface area contributed by atoms with Crippen LogP contribution < -0.4 is 0 Å². The third-order valence-electron chi connectivity index (χ3n) is 6.30. The van der Waals surface area contributed by atoms with Crippen molar-refractivity contribution in [2.75, 3.05) is 0 Å². The maximum absolute atomic E-state index is 2.44. The van der Waals surface area contributed by atoms with Gasteiger partial charge in [-0.05, 0) is 67.1 Å². The van der Waals surface area contributed by atoms with Gasteiger partial charge < -0.3 is 0 Å². The Balaban J connectivity index is 1.73. The zero-order valence-electron chi connectivity index (χ0n) is 11.3. The first-order chi connectivity index (χ1) is 7.72. The van der Waals surface area contributed by atoms with Crippen molar-refractivity contribution in [3.05, 3.63) is 0 Å². The minimum Gasteiger partial charge on any atom is -0.0654 e. The monoisotopic (exact) mass is 220 g/mol. The lowest BCUT2D eigenvalue weighted by Crippen LogP contribution is -2.15. The molecule has 0 N–H and O–H groups in total. The second-order valence-electron chi connectivity index (χ2n) is 7.16. The van der Waals surface area contributed by atoms with E-state index in [2.05, 4.69) is 20.8 Å². The van der Waals surface area contributed by atoms with Crippen molar-refractivity contribution in [2.24, 2.45) is 41.4 Å². The fraction of sp³-hybridized carbons (Fsp3) is 1.00. The molecule has 3 fully saturated rings. The van der Waals surface area contributed by atoms with Crippen LogP contribution in [0.2, 0.25) is 0 Å². The summed E-state index contributed by atoms with van der Waals surface area (Å²) in [5, 5.41) is 0. The van der Waals surface area contributed by atoms with E-state index >= 15 is 0 Å². The van der Waals surface area contributed by atoms with Crippen molar-refractivity contribution >= 4 is 0 Å². The predicted molar refractivity (Wildman–Crippen MR) is 69.2 cm³/mol. The zero-order chi connectivity index (χ0) is 11.3. The van der Waals surface area contributed by atoms with Gasteiger partial charge in [0, 0.05) is 0 Å². The van der Waals surface area contributed by atoms with Gasteiger partial charge in [-0.1, -0.05) is 33.6 Å². The van der Waals surface area contributed by atoms with Crippen molar-refractivity contribution in [1.82, 2.24) is 0 Å².